The Bertz CT molecular complexity index is 3450. The van der Waals surface area contributed by atoms with Crippen molar-refractivity contribution in [1.82, 2.24) is 40.4 Å². The Balaban J connectivity index is 0.698. The summed E-state index contributed by atoms with van der Waals surface area (Å²) in [6.45, 7) is 4.44. The maximum atomic E-state index is 17.6. The number of benzene rings is 5. The van der Waals surface area contributed by atoms with Crippen LogP contribution in [0.3, 0.4) is 0 Å². The van der Waals surface area contributed by atoms with E-state index < -0.39 is 11.6 Å². The van der Waals surface area contributed by atoms with E-state index in [1.165, 1.54) is 12.2 Å². The van der Waals surface area contributed by atoms with Gasteiger partial charge in [0.25, 0.3) is 0 Å². The molecule has 5 aliphatic rings. The minimum atomic E-state index is -0.607. The Morgan fingerprint density at radius 1 is 0.700 bits per heavy atom. The molecule has 14 nitrogen and oxygen atoms in total. The summed E-state index contributed by atoms with van der Waals surface area (Å²) < 4.78 is 53.2. The van der Waals surface area contributed by atoms with Crippen molar-refractivity contribution in [2.24, 2.45) is 0 Å². The molecular weight excluding hydrogens is 1060 g/mol. The second kappa shape index (κ2) is 23.6. The van der Waals surface area contributed by atoms with Gasteiger partial charge in [-0.15, -0.1) is 0 Å². The summed E-state index contributed by atoms with van der Waals surface area (Å²) in [5.74, 6) is 0.676. The van der Waals surface area contributed by atoms with Gasteiger partial charge in [0, 0.05) is 97.7 Å². The van der Waals surface area contributed by atoms with Gasteiger partial charge in [0.05, 0.1) is 16.7 Å². The predicted octanol–water partition coefficient (Wildman–Crippen LogP) is 11.9. The van der Waals surface area contributed by atoms with Crippen molar-refractivity contribution in [3.8, 4) is 28.9 Å². The molecular formula is C62H68Cl2F2N10O4. The number of nitrogens with one attached hydrogen (secondary N) is 2. The zero-order valence-electron chi connectivity index (χ0n) is 45.5. The molecule has 4 atom stereocenters. The van der Waals surface area contributed by atoms with Gasteiger partial charge < -0.3 is 44.7 Å². The zero-order chi connectivity index (χ0) is 55.0. The molecule has 12 rings (SSSR count). The number of fused-ring (bicyclic) bond motifs is 7. The monoisotopic (exact) mass is 1120 g/mol. The molecule has 418 valence electrons. The van der Waals surface area contributed by atoms with Crippen LogP contribution in [0.5, 0.6) is 17.8 Å². The smallest absolute Gasteiger partial charge is 0.319 e. The number of piperazine rings is 2. The van der Waals surface area contributed by atoms with Gasteiger partial charge in [-0.3, -0.25) is 4.90 Å². The van der Waals surface area contributed by atoms with Crippen molar-refractivity contribution in [2.75, 3.05) is 77.0 Å². The molecule has 3 N–H and O–H groups in total. The molecule has 5 fully saturated rings. The highest BCUT2D eigenvalue weighted by atomic mass is 35.5. The third kappa shape index (κ3) is 11.7. The first-order chi connectivity index (χ1) is 38.9. The number of ether oxygens (including phenoxy) is 3. The van der Waals surface area contributed by atoms with Gasteiger partial charge in [-0.1, -0.05) is 90.6 Å². The Morgan fingerprint density at radius 3 is 2.00 bits per heavy atom. The molecule has 5 aromatic carbocycles. The first-order valence-electron chi connectivity index (χ1n) is 28.2. The molecule has 0 amide bonds. The van der Waals surface area contributed by atoms with E-state index in [-0.39, 0.29) is 56.1 Å². The number of aliphatic hydroxyl groups excluding tert-OH is 1. The summed E-state index contributed by atoms with van der Waals surface area (Å²) in [6, 6.07) is 26.7. The van der Waals surface area contributed by atoms with Crippen molar-refractivity contribution in [2.45, 2.75) is 101 Å². The summed E-state index contributed by atoms with van der Waals surface area (Å²) in [4.78, 5) is 28.0. The van der Waals surface area contributed by atoms with Gasteiger partial charge in [-0.05, 0) is 124 Å². The summed E-state index contributed by atoms with van der Waals surface area (Å²) >= 11 is 14.0. The lowest BCUT2D eigenvalue weighted by atomic mass is 9.88. The molecule has 4 saturated heterocycles. The number of hydrogen-bond donors (Lipinski definition) is 3. The molecule has 4 bridgehead atoms. The van der Waals surface area contributed by atoms with Crippen molar-refractivity contribution < 1.29 is 28.1 Å². The molecule has 4 unspecified atom stereocenters. The van der Waals surface area contributed by atoms with E-state index in [0.29, 0.717) is 77.3 Å². The van der Waals surface area contributed by atoms with Gasteiger partial charge in [-0.2, -0.15) is 19.9 Å². The first kappa shape index (κ1) is 54.2. The van der Waals surface area contributed by atoms with Crippen LogP contribution in [0.1, 0.15) is 75.3 Å². The lowest BCUT2D eigenvalue weighted by molar-refractivity contribution is 0.0339. The van der Waals surface area contributed by atoms with E-state index in [1.807, 2.05) is 79.8 Å². The number of halogens is 4. The fourth-order valence-corrected chi connectivity index (χ4v) is 12.8. The number of aromatic nitrogens is 4. The molecule has 2 aromatic heterocycles. The molecule has 1 saturated carbocycles. The number of aliphatic hydroxyl groups is 1. The molecule has 7 aromatic rings. The normalized spacial score (nSPS) is 21.9. The highest BCUT2D eigenvalue weighted by Gasteiger charge is 2.37. The number of unbranched alkanes of at least 4 members (excludes halogenated alkanes) is 3. The van der Waals surface area contributed by atoms with Crippen LogP contribution in [0, 0.1) is 11.6 Å². The van der Waals surface area contributed by atoms with Crippen molar-refractivity contribution >= 4 is 79.6 Å². The molecule has 1 aliphatic carbocycles. The van der Waals surface area contributed by atoms with Crippen LogP contribution >= 0.6 is 23.2 Å². The van der Waals surface area contributed by atoms with Crippen LogP contribution in [0.4, 0.5) is 20.4 Å². The second-order valence-electron chi connectivity index (χ2n) is 22.6. The zero-order valence-corrected chi connectivity index (χ0v) is 47.0. The van der Waals surface area contributed by atoms with Gasteiger partial charge in [-0.25, -0.2) is 8.78 Å². The Kier molecular flexibility index (Phi) is 16.0. The summed E-state index contributed by atoms with van der Waals surface area (Å²) in [6.07, 6.45) is 14.0. The van der Waals surface area contributed by atoms with Gasteiger partial charge >= 0.3 is 12.0 Å². The summed E-state index contributed by atoms with van der Waals surface area (Å²) in [5, 5.41) is 21.3. The van der Waals surface area contributed by atoms with Crippen molar-refractivity contribution in [3.05, 3.63) is 124 Å². The molecule has 0 radical (unpaired) electrons. The van der Waals surface area contributed by atoms with Gasteiger partial charge in [0.1, 0.15) is 47.0 Å². The molecule has 0 spiro atoms. The maximum absolute atomic E-state index is 17.6. The van der Waals surface area contributed by atoms with E-state index in [0.717, 1.165) is 113 Å². The Labute approximate surface area is 475 Å². The van der Waals surface area contributed by atoms with E-state index in [4.69, 9.17) is 52.4 Å². The van der Waals surface area contributed by atoms with E-state index in [1.54, 1.807) is 12.1 Å². The highest BCUT2D eigenvalue weighted by Crippen LogP contribution is 2.44. The number of nitrogens with zero attached hydrogens (tertiary/aromatic N) is 8. The fourth-order valence-electron chi connectivity index (χ4n) is 12.2. The third-order valence-electron chi connectivity index (χ3n) is 16.6. The van der Waals surface area contributed by atoms with E-state index in [9.17, 15) is 5.11 Å². The van der Waals surface area contributed by atoms with E-state index in [2.05, 4.69) is 49.3 Å². The number of rotatable bonds is 20. The summed E-state index contributed by atoms with van der Waals surface area (Å²) in [7, 11) is 6.17. The number of allylic oxidation sites excluding steroid dienone is 1. The topological polar surface area (TPSA) is 136 Å². The Morgan fingerprint density at radius 2 is 1.31 bits per heavy atom. The average molecular weight is 1130 g/mol. The Hall–Kier alpha value is -6.40. The van der Waals surface area contributed by atoms with Crippen LogP contribution in [0.25, 0.3) is 55.9 Å². The van der Waals surface area contributed by atoms with Crippen LogP contribution in [-0.4, -0.2) is 138 Å². The third-order valence-corrected chi connectivity index (χ3v) is 17.2. The highest BCUT2D eigenvalue weighted by molar-refractivity contribution is 6.35. The fraction of sp³-hybridized carbons (Fsp3) is 0.419. The number of hydrogen-bond acceptors (Lipinski definition) is 14. The van der Waals surface area contributed by atoms with E-state index >= 15 is 8.78 Å². The molecule has 4 aliphatic heterocycles. The lowest BCUT2D eigenvalue weighted by Gasteiger charge is -2.39. The SMILES string of the molecule is CN(CCCCCCOc1nc(N2CC3CCC(C2)N3)c2cc(Cl)c(/C=C/C(O)=C\c3ccccc3)c(F)c2n1)COc1cc(-c2c(Cl)cc3c(N4CC5CCC(C4)N5)nc(OC4CC(N(C)C)C4)nc3c2F)c2ccccc2c1. The first-order valence-corrected chi connectivity index (χ1v) is 29.0. The lowest BCUT2D eigenvalue weighted by Crippen LogP contribution is -2.51. The van der Waals surface area contributed by atoms with Gasteiger partial charge in [0.15, 0.2) is 11.6 Å². The van der Waals surface area contributed by atoms with Crippen LogP contribution in [0.15, 0.2) is 90.7 Å². The number of anilines is 2. The largest absolute Gasteiger partial charge is 0.508 e. The maximum Gasteiger partial charge on any atom is 0.319 e. The summed E-state index contributed by atoms with van der Waals surface area (Å²) in [5.41, 5.74) is 2.10. The molecule has 18 heteroatoms. The second-order valence-corrected chi connectivity index (χ2v) is 23.4. The molecule has 80 heavy (non-hydrogen) atoms. The average Bonchev–Trinajstić information content (AvgIpc) is 4.03. The predicted molar refractivity (Wildman–Crippen MR) is 316 cm³/mol. The van der Waals surface area contributed by atoms with Crippen molar-refractivity contribution in [3.63, 3.8) is 0 Å². The molecule has 6 heterocycles. The minimum Gasteiger partial charge on any atom is -0.508 e. The van der Waals surface area contributed by atoms with Crippen molar-refractivity contribution in [1.29, 1.82) is 0 Å². The van der Waals surface area contributed by atoms with Crippen LogP contribution < -0.4 is 34.6 Å². The van der Waals surface area contributed by atoms with Crippen LogP contribution in [0.2, 0.25) is 10.0 Å². The van der Waals surface area contributed by atoms with Crippen LogP contribution in [-0.2, 0) is 0 Å². The quantitative estimate of drug-likeness (QED) is 0.0289. The minimum absolute atomic E-state index is 0.0429. The standard InChI is InChI=1S/C62H68Cl2F2N10O4/c1-73(2)43-27-46(28-43)80-62-70-58-51(60(72-62)76-34-41-19-20-42(35-76)68-41)31-53(64)54(56(58)66)49-29-45(26-38-15-9-10-16-47(38)49)79-36-74(3)23-11-4-5-12-24-78-61-69-57-50(59(71-61)75-32-39-17-18-40(33-75)67-39)30-52(63)48(55(57)65)22-21-44(77)25-37-13-7-6-8-14-37/h6-10,13-16,21-22,25-26,29-31,39-43,46,67-68,77H,4-5,11-12,17-20,23-24,27-28,32-36H2,1-3H3/b22-21+,44-25+. The van der Waals surface area contributed by atoms with Gasteiger partial charge in [0.2, 0.25) is 0 Å².